The molecule has 1 fully saturated rings. The first-order chi connectivity index (χ1) is 10.2. The second-order valence-corrected chi connectivity index (χ2v) is 6.64. The zero-order valence-electron chi connectivity index (χ0n) is 12.2. The van der Waals surface area contributed by atoms with Gasteiger partial charge in [-0.05, 0) is 30.9 Å². The molecule has 7 heteroatoms. The molecule has 1 aliphatic carbocycles. The number of hydrogen-bond acceptors (Lipinski definition) is 4. The van der Waals surface area contributed by atoms with Crippen LogP contribution in [-0.4, -0.2) is 22.0 Å². The topological polar surface area (TPSA) is 61.0 Å². The molecule has 3 rings (SSSR count). The summed E-state index contributed by atoms with van der Waals surface area (Å²) in [6, 6.07) is 1.69. The third-order valence-corrected chi connectivity index (χ3v) is 3.93. The van der Waals surface area contributed by atoms with Crippen LogP contribution in [0.5, 0.6) is 5.88 Å². The summed E-state index contributed by atoms with van der Waals surface area (Å²) in [6.07, 6.45) is 2.03. The van der Waals surface area contributed by atoms with Gasteiger partial charge in [-0.3, -0.25) is 0 Å². The number of aromatic nitrogens is 2. The van der Waals surface area contributed by atoms with Crippen molar-refractivity contribution >= 4 is 22.4 Å². The highest BCUT2D eigenvalue weighted by Crippen LogP contribution is 2.41. The fourth-order valence-electron chi connectivity index (χ4n) is 2.54. The summed E-state index contributed by atoms with van der Waals surface area (Å²) in [7, 11) is 0. The number of pyridine rings is 2. The number of alkyl halides is 2. The van der Waals surface area contributed by atoms with Gasteiger partial charge < -0.3 is 10.5 Å². The van der Waals surface area contributed by atoms with Crippen molar-refractivity contribution < 1.29 is 13.5 Å². The number of halogens is 3. The van der Waals surface area contributed by atoms with Crippen LogP contribution < -0.4 is 10.5 Å². The third kappa shape index (κ3) is 2.85. The monoisotopic (exact) mass is 327 g/mol. The van der Waals surface area contributed by atoms with Gasteiger partial charge in [0.25, 0.3) is 5.92 Å². The first-order valence-corrected chi connectivity index (χ1v) is 7.32. The van der Waals surface area contributed by atoms with E-state index in [1.165, 1.54) is 6.20 Å². The Bertz CT molecular complexity index is 723. The van der Waals surface area contributed by atoms with E-state index < -0.39 is 17.6 Å². The molecule has 2 N–H and O–H groups in total. The molecule has 22 heavy (non-hydrogen) atoms. The normalized spacial score (nSPS) is 18.3. The molecular formula is C15H16ClF2N3O. The van der Waals surface area contributed by atoms with Crippen LogP contribution in [0.4, 0.5) is 8.78 Å². The number of nitrogens with zero attached hydrogens (tertiary/aromatic N) is 2. The summed E-state index contributed by atoms with van der Waals surface area (Å²) < 4.78 is 31.5. The molecule has 0 bridgehead atoms. The minimum atomic E-state index is -2.64. The highest BCUT2D eigenvalue weighted by atomic mass is 35.5. The van der Waals surface area contributed by atoms with Crippen LogP contribution in [-0.2, 0) is 5.54 Å². The van der Waals surface area contributed by atoms with Crippen LogP contribution >= 0.6 is 11.6 Å². The highest BCUT2D eigenvalue weighted by molar-refractivity contribution is 6.30. The quantitative estimate of drug-likeness (QED) is 0.874. The molecule has 0 amide bonds. The van der Waals surface area contributed by atoms with Crippen molar-refractivity contribution in [2.45, 2.75) is 44.3 Å². The van der Waals surface area contributed by atoms with E-state index in [-0.39, 0.29) is 18.7 Å². The third-order valence-electron chi connectivity index (χ3n) is 3.73. The SMILES string of the molecule is CC(C)(N)c1cnc(OC2CC(F)(F)C2)c2cnc(Cl)cc12. The van der Waals surface area contributed by atoms with Crippen LogP contribution in [0.25, 0.3) is 10.8 Å². The number of hydrogen-bond donors (Lipinski definition) is 1. The van der Waals surface area contributed by atoms with Crippen molar-refractivity contribution in [2.24, 2.45) is 5.73 Å². The highest BCUT2D eigenvalue weighted by Gasteiger charge is 2.47. The molecular weight excluding hydrogens is 312 g/mol. The summed E-state index contributed by atoms with van der Waals surface area (Å²) in [6.45, 7) is 3.70. The minimum Gasteiger partial charge on any atom is -0.473 e. The van der Waals surface area contributed by atoms with E-state index >= 15 is 0 Å². The largest absolute Gasteiger partial charge is 0.473 e. The van der Waals surface area contributed by atoms with E-state index in [1.54, 1.807) is 12.3 Å². The Labute approximate surface area is 131 Å². The average Bonchev–Trinajstić information content (AvgIpc) is 2.34. The maximum absolute atomic E-state index is 12.9. The summed E-state index contributed by atoms with van der Waals surface area (Å²) in [4.78, 5) is 8.27. The lowest BCUT2D eigenvalue weighted by atomic mass is 9.90. The molecule has 0 atom stereocenters. The summed E-state index contributed by atoms with van der Waals surface area (Å²) >= 11 is 5.96. The summed E-state index contributed by atoms with van der Waals surface area (Å²) in [5.41, 5.74) is 6.32. The van der Waals surface area contributed by atoms with E-state index in [4.69, 9.17) is 22.1 Å². The lowest BCUT2D eigenvalue weighted by Gasteiger charge is -2.34. The van der Waals surface area contributed by atoms with Gasteiger partial charge in [0.1, 0.15) is 11.3 Å². The Morgan fingerprint density at radius 3 is 2.55 bits per heavy atom. The van der Waals surface area contributed by atoms with Gasteiger partial charge in [0, 0.05) is 30.8 Å². The van der Waals surface area contributed by atoms with E-state index in [0.717, 1.165) is 10.9 Å². The Morgan fingerprint density at radius 1 is 1.27 bits per heavy atom. The fraction of sp³-hybridized carbons (Fsp3) is 0.467. The van der Waals surface area contributed by atoms with E-state index in [1.807, 2.05) is 13.8 Å². The second-order valence-electron chi connectivity index (χ2n) is 6.26. The van der Waals surface area contributed by atoms with Gasteiger partial charge in [0.15, 0.2) is 0 Å². The predicted molar refractivity (Wildman–Crippen MR) is 80.4 cm³/mol. The Hall–Kier alpha value is -1.53. The number of nitrogens with two attached hydrogens (primary N) is 1. The van der Waals surface area contributed by atoms with Gasteiger partial charge >= 0.3 is 0 Å². The molecule has 0 aromatic carbocycles. The smallest absolute Gasteiger partial charge is 0.255 e. The first-order valence-electron chi connectivity index (χ1n) is 6.94. The number of ether oxygens (including phenoxy) is 1. The molecule has 2 aromatic heterocycles. The minimum absolute atomic E-state index is 0.285. The van der Waals surface area contributed by atoms with Gasteiger partial charge in [-0.15, -0.1) is 0 Å². The van der Waals surface area contributed by atoms with Gasteiger partial charge in [-0.2, -0.15) is 0 Å². The van der Waals surface area contributed by atoms with E-state index in [2.05, 4.69) is 9.97 Å². The second kappa shape index (κ2) is 4.99. The van der Waals surface area contributed by atoms with Crippen molar-refractivity contribution in [3.8, 4) is 5.88 Å². The molecule has 1 aliphatic rings. The van der Waals surface area contributed by atoms with Gasteiger partial charge in [-0.1, -0.05) is 11.6 Å². The van der Waals surface area contributed by atoms with Gasteiger partial charge in [0.2, 0.25) is 5.88 Å². The molecule has 4 nitrogen and oxygen atoms in total. The molecule has 2 aromatic rings. The fourth-order valence-corrected chi connectivity index (χ4v) is 2.70. The average molecular weight is 328 g/mol. The van der Waals surface area contributed by atoms with Crippen molar-refractivity contribution in [1.29, 1.82) is 0 Å². The Balaban J connectivity index is 2.02. The molecule has 118 valence electrons. The van der Waals surface area contributed by atoms with Crippen molar-refractivity contribution in [3.63, 3.8) is 0 Å². The molecule has 0 aliphatic heterocycles. The van der Waals surface area contributed by atoms with E-state index in [9.17, 15) is 8.78 Å². The lowest BCUT2D eigenvalue weighted by Crippen LogP contribution is -2.43. The standard InChI is InChI=1S/C15H16ClF2N3O/c1-14(2,19)11-7-21-13(22-8-4-15(17,18)5-8)10-6-20-12(16)3-9(10)11/h3,6-8H,4-5,19H2,1-2H3. The van der Waals surface area contributed by atoms with Gasteiger partial charge in [-0.25, -0.2) is 18.7 Å². The molecule has 2 heterocycles. The predicted octanol–water partition coefficient (Wildman–Crippen LogP) is 3.65. The molecule has 0 unspecified atom stereocenters. The number of rotatable bonds is 3. The first kappa shape index (κ1) is 15.4. The molecule has 0 radical (unpaired) electrons. The van der Waals surface area contributed by atoms with Crippen molar-refractivity contribution in [1.82, 2.24) is 9.97 Å². The molecule has 0 saturated heterocycles. The van der Waals surface area contributed by atoms with Gasteiger partial charge in [0.05, 0.1) is 5.39 Å². The maximum Gasteiger partial charge on any atom is 0.255 e. The lowest BCUT2D eigenvalue weighted by molar-refractivity contribution is -0.135. The van der Waals surface area contributed by atoms with E-state index in [0.29, 0.717) is 10.5 Å². The van der Waals surface area contributed by atoms with Crippen LogP contribution in [0.1, 0.15) is 32.3 Å². The Morgan fingerprint density at radius 2 is 1.95 bits per heavy atom. The maximum atomic E-state index is 12.9. The summed E-state index contributed by atoms with van der Waals surface area (Å²) in [5, 5.41) is 1.71. The summed E-state index contributed by atoms with van der Waals surface area (Å²) in [5.74, 6) is -2.35. The van der Waals surface area contributed by atoms with Crippen LogP contribution in [0, 0.1) is 0 Å². The van der Waals surface area contributed by atoms with Crippen LogP contribution in [0.15, 0.2) is 18.5 Å². The zero-order valence-corrected chi connectivity index (χ0v) is 13.0. The van der Waals surface area contributed by atoms with Crippen molar-refractivity contribution in [2.75, 3.05) is 0 Å². The van der Waals surface area contributed by atoms with Crippen LogP contribution in [0.2, 0.25) is 5.15 Å². The Kier molecular flexibility index (Phi) is 3.49. The van der Waals surface area contributed by atoms with Crippen LogP contribution in [0.3, 0.4) is 0 Å². The van der Waals surface area contributed by atoms with Crippen molar-refractivity contribution in [3.05, 3.63) is 29.2 Å². The zero-order chi connectivity index (χ0) is 16.1. The molecule has 0 spiro atoms. The number of fused-ring (bicyclic) bond motifs is 1. The molecule has 1 saturated carbocycles.